The second-order valence-electron chi connectivity index (χ2n) is 6.16. The lowest BCUT2D eigenvalue weighted by Gasteiger charge is -2.13. The van der Waals surface area contributed by atoms with Crippen LogP contribution >= 0.6 is 0 Å². The molecule has 6 heteroatoms. The molecule has 1 fully saturated rings. The van der Waals surface area contributed by atoms with Gasteiger partial charge in [-0.05, 0) is 37.1 Å². The molecule has 138 valence electrons. The Bertz CT molecular complexity index is 733. The van der Waals surface area contributed by atoms with Gasteiger partial charge in [-0.15, -0.1) is 0 Å². The summed E-state index contributed by atoms with van der Waals surface area (Å²) in [5.74, 6) is 1.60. The van der Waals surface area contributed by atoms with Gasteiger partial charge in [0.15, 0.2) is 0 Å². The maximum Gasteiger partial charge on any atom is 0.238 e. The van der Waals surface area contributed by atoms with Crippen LogP contribution in [0.15, 0.2) is 48.5 Å². The molecule has 0 spiro atoms. The summed E-state index contributed by atoms with van der Waals surface area (Å²) in [5.41, 5.74) is 8.37. The summed E-state index contributed by atoms with van der Waals surface area (Å²) >= 11 is 0. The van der Waals surface area contributed by atoms with Gasteiger partial charge >= 0.3 is 0 Å². The molecule has 0 radical (unpaired) electrons. The second kappa shape index (κ2) is 8.69. The first-order valence-electron chi connectivity index (χ1n) is 8.84. The summed E-state index contributed by atoms with van der Waals surface area (Å²) in [6.07, 6.45) is 0.686. The van der Waals surface area contributed by atoms with Crippen LogP contribution in [0.1, 0.15) is 30.5 Å². The number of para-hydroxylation sites is 1. The predicted octanol–water partition coefficient (Wildman–Crippen LogP) is 2.32. The van der Waals surface area contributed by atoms with Crippen molar-refractivity contribution in [3.8, 4) is 11.5 Å². The van der Waals surface area contributed by atoms with E-state index in [0.717, 1.165) is 22.6 Å². The van der Waals surface area contributed by atoms with Crippen molar-refractivity contribution in [2.75, 3.05) is 13.7 Å². The molecule has 0 saturated carbocycles. The first kappa shape index (κ1) is 18.2. The van der Waals surface area contributed by atoms with Crippen molar-refractivity contribution in [3.63, 3.8) is 0 Å². The van der Waals surface area contributed by atoms with Crippen LogP contribution in [-0.2, 0) is 11.3 Å². The summed E-state index contributed by atoms with van der Waals surface area (Å²) in [7, 11) is 1.63. The molecular formula is C20H25N3O3. The van der Waals surface area contributed by atoms with Crippen molar-refractivity contribution in [2.45, 2.75) is 32.0 Å². The van der Waals surface area contributed by atoms with E-state index in [1.807, 2.05) is 55.5 Å². The first-order chi connectivity index (χ1) is 12.7. The molecule has 26 heavy (non-hydrogen) atoms. The van der Waals surface area contributed by atoms with Gasteiger partial charge in [-0.3, -0.25) is 4.79 Å². The van der Waals surface area contributed by atoms with Gasteiger partial charge in [0.05, 0.1) is 13.7 Å². The zero-order valence-corrected chi connectivity index (χ0v) is 15.1. The number of carbonyl (C=O) groups excluding carboxylic acids is 1. The van der Waals surface area contributed by atoms with Crippen LogP contribution in [0.4, 0.5) is 0 Å². The molecule has 2 atom stereocenters. The molecule has 2 aromatic rings. The fraction of sp³-hybridized carbons (Fsp3) is 0.350. The highest BCUT2D eigenvalue weighted by Gasteiger charge is 2.30. The lowest BCUT2D eigenvalue weighted by Crippen LogP contribution is -2.42. The van der Waals surface area contributed by atoms with Crippen molar-refractivity contribution >= 4 is 5.91 Å². The minimum absolute atomic E-state index is 0.0307. The molecule has 2 aromatic carbocycles. The van der Waals surface area contributed by atoms with E-state index < -0.39 is 0 Å². The number of amides is 1. The van der Waals surface area contributed by atoms with Crippen LogP contribution in [0.3, 0.4) is 0 Å². The minimum Gasteiger partial charge on any atom is -0.496 e. The molecule has 3 rings (SSSR count). The standard InChI is InChI=1S/C20H25N3O3/c1-3-26-16-10-8-14(9-11-16)17-12-18(23-22-17)20(24)21-13-15-6-4-5-7-19(15)25-2/h4-11,17-18,22-23H,3,12-13H2,1-2H3,(H,21,24). The van der Waals surface area contributed by atoms with Crippen LogP contribution in [0.5, 0.6) is 11.5 Å². The highest BCUT2D eigenvalue weighted by Crippen LogP contribution is 2.24. The third-order valence-electron chi connectivity index (χ3n) is 4.46. The Balaban J connectivity index is 1.53. The van der Waals surface area contributed by atoms with E-state index >= 15 is 0 Å². The first-order valence-corrected chi connectivity index (χ1v) is 8.84. The van der Waals surface area contributed by atoms with Crippen LogP contribution in [-0.4, -0.2) is 25.7 Å². The third-order valence-corrected chi connectivity index (χ3v) is 4.46. The lowest BCUT2D eigenvalue weighted by atomic mass is 10.0. The molecule has 1 saturated heterocycles. The maximum atomic E-state index is 12.5. The van der Waals surface area contributed by atoms with E-state index in [2.05, 4.69) is 16.2 Å². The van der Waals surface area contributed by atoms with E-state index in [1.165, 1.54) is 0 Å². The smallest absolute Gasteiger partial charge is 0.238 e. The van der Waals surface area contributed by atoms with Gasteiger partial charge in [0.1, 0.15) is 17.5 Å². The monoisotopic (exact) mass is 355 g/mol. The number of benzene rings is 2. The van der Waals surface area contributed by atoms with Crippen molar-refractivity contribution < 1.29 is 14.3 Å². The van der Waals surface area contributed by atoms with Gasteiger partial charge in [-0.2, -0.15) is 0 Å². The highest BCUT2D eigenvalue weighted by atomic mass is 16.5. The zero-order chi connectivity index (χ0) is 18.4. The number of carbonyl (C=O) groups is 1. The molecule has 1 amide bonds. The number of nitrogens with one attached hydrogen (secondary N) is 3. The van der Waals surface area contributed by atoms with E-state index in [9.17, 15) is 4.79 Å². The van der Waals surface area contributed by atoms with Crippen molar-refractivity contribution in [2.24, 2.45) is 0 Å². The quantitative estimate of drug-likeness (QED) is 0.711. The maximum absolute atomic E-state index is 12.5. The Morgan fingerprint density at radius 3 is 2.65 bits per heavy atom. The van der Waals surface area contributed by atoms with E-state index in [0.29, 0.717) is 19.6 Å². The number of hydrazine groups is 1. The molecule has 1 aliphatic rings. The summed E-state index contributed by atoms with van der Waals surface area (Å²) in [6, 6.07) is 15.5. The summed E-state index contributed by atoms with van der Waals surface area (Å²) in [4.78, 5) is 12.5. The van der Waals surface area contributed by atoms with Crippen LogP contribution in [0, 0.1) is 0 Å². The largest absolute Gasteiger partial charge is 0.496 e. The predicted molar refractivity (Wildman–Crippen MR) is 99.9 cm³/mol. The molecule has 2 unspecified atom stereocenters. The van der Waals surface area contributed by atoms with Gasteiger partial charge in [0, 0.05) is 18.2 Å². The Hall–Kier alpha value is -2.57. The Morgan fingerprint density at radius 1 is 1.15 bits per heavy atom. The van der Waals surface area contributed by atoms with Crippen LogP contribution < -0.4 is 25.6 Å². The number of ether oxygens (including phenoxy) is 2. The molecule has 3 N–H and O–H groups in total. The minimum atomic E-state index is -0.277. The van der Waals surface area contributed by atoms with Gasteiger partial charge in [-0.1, -0.05) is 30.3 Å². The van der Waals surface area contributed by atoms with Gasteiger partial charge in [0.2, 0.25) is 5.91 Å². The van der Waals surface area contributed by atoms with Gasteiger partial charge < -0.3 is 14.8 Å². The van der Waals surface area contributed by atoms with E-state index in [-0.39, 0.29) is 18.0 Å². The number of hydrogen-bond acceptors (Lipinski definition) is 5. The molecule has 1 heterocycles. The number of methoxy groups -OCH3 is 1. The molecule has 0 aromatic heterocycles. The van der Waals surface area contributed by atoms with E-state index in [4.69, 9.17) is 9.47 Å². The van der Waals surface area contributed by atoms with Crippen molar-refractivity contribution in [3.05, 3.63) is 59.7 Å². The molecule has 0 bridgehead atoms. The average molecular weight is 355 g/mol. The molecule has 6 nitrogen and oxygen atoms in total. The average Bonchev–Trinajstić information content (AvgIpc) is 3.17. The molecule has 0 aliphatic carbocycles. The van der Waals surface area contributed by atoms with Crippen molar-refractivity contribution in [1.29, 1.82) is 0 Å². The summed E-state index contributed by atoms with van der Waals surface area (Å²) in [6.45, 7) is 3.05. The van der Waals surface area contributed by atoms with E-state index in [1.54, 1.807) is 7.11 Å². The Labute approximate surface area is 153 Å². The molecule has 1 aliphatic heterocycles. The second-order valence-corrected chi connectivity index (χ2v) is 6.16. The summed E-state index contributed by atoms with van der Waals surface area (Å²) < 4.78 is 10.8. The fourth-order valence-corrected chi connectivity index (χ4v) is 3.06. The third kappa shape index (κ3) is 4.33. The zero-order valence-electron chi connectivity index (χ0n) is 15.1. The fourth-order valence-electron chi connectivity index (χ4n) is 3.06. The Kier molecular flexibility index (Phi) is 6.09. The SMILES string of the molecule is CCOc1ccc(C2CC(C(=O)NCc3ccccc3OC)NN2)cc1. The van der Waals surface area contributed by atoms with Crippen LogP contribution in [0.2, 0.25) is 0 Å². The van der Waals surface area contributed by atoms with Crippen LogP contribution in [0.25, 0.3) is 0 Å². The highest BCUT2D eigenvalue weighted by molar-refractivity contribution is 5.82. The lowest BCUT2D eigenvalue weighted by molar-refractivity contribution is -0.123. The molecular weight excluding hydrogens is 330 g/mol. The summed E-state index contributed by atoms with van der Waals surface area (Å²) in [5, 5.41) is 2.97. The normalized spacial score (nSPS) is 19.2. The van der Waals surface area contributed by atoms with Gasteiger partial charge in [0.25, 0.3) is 0 Å². The topological polar surface area (TPSA) is 71.6 Å². The van der Waals surface area contributed by atoms with Gasteiger partial charge in [-0.25, -0.2) is 10.9 Å². The number of rotatable bonds is 7. The Morgan fingerprint density at radius 2 is 1.92 bits per heavy atom. The van der Waals surface area contributed by atoms with Crippen molar-refractivity contribution in [1.82, 2.24) is 16.2 Å². The number of hydrogen-bond donors (Lipinski definition) is 3.